The van der Waals surface area contributed by atoms with Crippen molar-refractivity contribution in [3.63, 3.8) is 0 Å². The summed E-state index contributed by atoms with van der Waals surface area (Å²) < 4.78 is 0. The number of carbonyl (C=O) groups is 2. The molecule has 1 saturated heterocycles. The molecule has 1 amide bonds. The number of carbonyl (C=O) groups excluding carboxylic acids is 1. The van der Waals surface area contributed by atoms with Crippen LogP contribution >= 0.6 is 11.8 Å². The standard InChI is InChI=1S/C13H15NO4S/c1-7-3-4-9(5-11(7)15)12(16)14-8(2)19-6-10(14)13(17)18/h3-5,8,10,15H,6H2,1-2H3,(H,17,18). The van der Waals surface area contributed by atoms with Crippen molar-refractivity contribution in [1.29, 1.82) is 0 Å². The lowest BCUT2D eigenvalue weighted by Crippen LogP contribution is -2.44. The Morgan fingerprint density at radius 3 is 2.68 bits per heavy atom. The maximum absolute atomic E-state index is 12.4. The Hall–Kier alpha value is -1.69. The number of hydrogen-bond donors (Lipinski definition) is 2. The van der Waals surface area contributed by atoms with Crippen LogP contribution in [0, 0.1) is 6.92 Å². The molecule has 1 aromatic rings. The number of carboxylic acid groups (broad SMARTS) is 1. The summed E-state index contributed by atoms with van der Waals surface area (Å²) in [7, 11) is 0. The van der Waals surface area contributed by atoms with E-state index in [4.69, 9.17) is 5.11 Å². The minimum Gasteiger partial charge on any atom is -0.508 e. The zero-order valence-corrected chi connectivity index (χ0v) is 11.5. The number of amides is 1. The molecule has 102 valence electrons. The molecule has 2 rings (SSSR count). The van der Waals surface area contributed by atoms with E-state index < -0.39 is 12.0 Å². The van der Waals surface area contributed by atoms with E-state index in [2.05, 4.69) is 0 Å². The molecule has 0 aliphatic carbocycles. The molecule has 1 aliphatic heterocycles. The molecule has 5 nitrogen and oxygen atoms in total. The highest BCUT2D eigenvalue weighted by atomic mass is 32.2. The first kappa shape index (κ1) is 13.7. The van der Waals surface area contributed by atoms with Crippen LogP contribution in [0.25, 0.3) is 0 Å². The quantitative estimate of drug-likeness (QED) is 0.862. The number of carboxylic acids is 1. The van der Waals surface area contributed by atoms with Gasteiger partial charge in [0.2, 0.25) is 0 Å². The van der Waals surface area contributed by atoms with Crippen LogP contribution in [0.5, 0.6) is 5.75 Å². The molecule has 0 aromatic heterocycles. The first-order valence-corrected chi connectivity index (χ1v) is 6.93. The molecule has 1 fully saturated rings. The molecular formula is C13H15NO4S. The summed E-state index contributed by atoms with van der Waals surface area (Å²) in [4.78, 5) is 24.9. The second kappa shape index (κ2) is 5.13. The van der Waals surface area contributed by atoms with Gasteiger partial charge in [-0.3, -0.25) is 4.79 Å². The van der Waals surface area contributed by atoms with Gasteiger partial charge < -0.3 is 15.1 Å². The van der Waals surface area contributed by atoms with E-state index in [9.17, 15) is 14.7 Å². The molecule has 2 atom stereocenters. The topological polar surface area (TPSA) is 77.8 Å². The predicted molar refractivity (Wildman–Crippen MR) is 72.4 cm³/mol. The third-order valence-electron chi connectivity index (χ3n) is 3.20. The van der Waals surface area contributed by atoms with E-state index in [1.165, 1.54) is 22.7 Å². The Kier molecular flexibility index (Phi) is 3.71. The zero-order chi connectivity index (χ0) is 14.2. The first-order chi connectivity index (χ1) is 8.91. The van der Waals surface area contributed by atoms with Crippen molar-refractivity contribution in [1.82, 2.24) is 4.90 Å². The summed E-state index contributed by atoms with van der Waals surface area (Å²) >= 11 is 1.43. The summed E-state index contributed by atoms with van der Waals surface area (Å²) in [6, 6.07) is 3.82. The van der Waals surface area contributed by atoms with Crippen molar-refractivity contribution in [3.05, 3.63) is 29.3 Å². The first-order valence-electron chi connectivity index (χ1n) is 5.88. The minimum absolute atomic E-state index is 0.0391. The number of aryl methyl sites for hydroxylation is 1. The van der Waals surface area contributed by atoms with Crippen LogP contribution in [0.15, 0.2) is 18.2 Å². The number of phenolic OH excluding ortho intramolecular Hbond substituents is 1. The molecule has 1 aliphatic rings. The van der Waals surface area contributed by atoms with Crippen molar-refractivity contribution < 1.29 is 19.8 Å². The summed E-state index contributed by atoms with van der Waals surface area (Å²) in [6.07, 6.45) is 0. The van der Waals surface area contributed by atoms with E-state index in [0.717, 1.165) is 0 Å². The molecule has 2 N–H and O–H groups in total. The van der Waals surface area contributed by atoms with Crippen molar-refractivity contribution >= 4 is 23.6 Å². The Balaban J connectivity index is 2.31. The van der Waals surface area contributed by atoms with Crippen LogP contribution in [0.2, 0.25) is 0 Å². The monoisotopic (exact) mass is 281 g/mol. The smallest absolute Gasteiger partial charge is 0.327 e. The van der Waals surface area contributed by atoms with Gasteiger partial charge in [-0.1, -0.05) is 6.07 Å². The fourth-order valence-corrected chi connectivity index (χ4v) is 3.20. The van der Waals surface area contributed by atoms with Gasteiger partial charge in [-0.15, -0.1) is 11.8 Å². The predicted octanol–water partition coefficient (Wildman–Crippen LogP) is 1.69. The Labute approximate surface area is 115 Å². The lowest BCUT2D eigenvalue weighted by molar-refractivity contribution is -0.141. The second-order valence-electron chi connectivity index (χ2n) is 4.50. The summed E-state index contributed by atoms with van der Waals surface area (Å²) in [5, 5.41) is 18.6. The minimum atomic E-state index is -0.999. The maximum atomic E-state index is 12.4. The average molecular weight is 281 g/mol. The third kappa shape index (κ3) is 2.53. The molecule has 0 spiro atoms. The zero-order valence-electron chi connectivity index (χ0n) is 10.7. The fourth-order valence-electron chi connectivity index (χ4n) is 2.03. The number of nitrogens with zero attached hydrogens (tertiary/aromatic N) is 1. The summed E-state index contributed by atoms with van der Waals surface area (Å²) in [5.74, 6) is -0.931. The Morgan fingerprint density at radius 1 is 1.42 bits per heavy atom. The summed E-state index contributed by atoms with van der Waals surface area (Å²) in [6.45, 7) is 3.54. The molecule has 1 heterocycles. The molecule has 0 radical (unpaired) electrons. The van der Waals surface area contributed by atoms with Crippen molar-refractivity contribution in [2.24, 2.45) is 0 Å². The van der Waals surface area contributed by atoms with Gasteiger partial charge in [0.15, 0.2) is 0 Å². The molecule has 6 heteroatoms. The molecular weight excluding hydrogens is 266 g/mol. The van der Waals surface area contributed by atoms with E-state index in [1.54, 1.807) is 26.0 Å². The molecule has 1 aromatic carbocycles. The number of benzene rings is 1. The van der Waals surface area contributed by atoms with Crippen LogP contribution in [-0.4, -0.2) is 44.2 Å². The van der Waals surface area contributed by atoms with E-state index >= 15 is 0 Å². The molecule has 19 heavy (non-hydrogen) atoms. The van der Waals surface area contributed by atoms with Gasteiger partial charge in [0.05, 0.1) is 5.37 Å². The number of phenols is 1. The van der Waals surface area contributed by atoms with E-state index in [1.807, 2.05) is 0 Å². The van der Waals surface area contributed by atoms with Gasteiger partial charge in [-0.2, -0.15) is 0 Å². The van der Waals surface area contributed by atoms with Crippen LogP contribution in [-0.2, 0) is 4.79 Å². The maximum Gasteiger partial charge on any atom is 0.327 e. The SMILES string of the molecule is Cc1ccc(C(=O)N2C(C)SCC2C(=O)O)cc1O. The molecule has 0 bridgehead atoms. The Bertz CT molecular complexity index is 531. The fraction of sp³-hybridized carbons (Fsp3) is 0.385. The van der Waals surface area contributed by atoms with Crippen molar-refractivity contribution in [2.45, 2.75) is 25.3 Å². The average Bonchev–Trinajstić information content (AvgIpc) is 2.74. The van der Waals surface area contributed by atoms with Crippen LogP contribution in [0.3, 0.4) is 0 Å². The van der Waals surface area contributed by atoms with Gasteiger partial charge >= 0.3 is 5.97 Å². The van der Waals surface area contributed by atoms with Gasteiger partial charge in [-0.05, 0) is 31.5 Å². The highest BCUT2D eigenvalue weighted by Crippen LogP contribution is 2.31. The van der Waals surface area contributed by atoms with E-state index in [-0.39, 0.29) is 17.0 Å². The van der Waals surface area contributed by atoms with Gasteiger partial charge in [0, 0.05) is 11.3 Å². The van der Waals surface area contributed by atoms with Crippen LogP contribution < -0.4 is 0 Å². The highest BCUT2D eigenvalue weighted by Gasteiger charge is 2.39. The second-order valence-corrected chi connectivity index (χ2v) is 5.85. The number of hydrogen-bond acceptors (Lipinski definition) is 4. The molecule has 0 saturated carbocycles. The Morgan fingerprint density at radius 2 is 2.11 bits per heavy atom. The van der Waals surface area contributed by atoms with Crippen molar-refractivity contribution in [2.75, 3.05) is 5.75 Å². The van der Waals surface area contributed by atoms with Gasteiger partial charge in [0.25, 0.3) is 5.91 Å². The van der Waals surface area contributed by atoms with Gasteiger partial charge in [0.1, 0.15) is 11.8 Å². The third-order valence-corrected chi connectivity index (χ3v) is 4.42. The lowest BCUT2D eigenvalue weighted by atomic mass is 10.1. The number of rotatable bonds is 2. The van der Waals surface area contributed by atoms with Crippen molar-refractivity contribution in [3.8, 4) is 5.75 Å². The number of thioether (sulfide) groups is 1. The number of aliphatic carboxylic acids is 1. The normalized spacial score (nSPS) is 22.5. The largest absolute Gasteiger partial charge is 0.508 e. The van der Waals surface area contributed by atoms with E-state index in [0.29, 0.717) is 16.9 Å². The van der Waals surface area contributed by atoms with Gasteiger partial charge in [-0.25, -0.2) is 4.79 Å². The van der Waals surface area contributed by atoms with Crippen LogP contribution in [0.1, 0.15) is 22.8 Å². The lowest BCUT2D eigenvalue weighted by Gasteiger charge is -2.25. The highest BCUT2D eigenvalue weighted by molar-refractivity contribution is 8.00. The molecule has 2 unspecified atom stereocenters. The number of aromatic hydroxyl groups is 1. The van der Waals surface area contributed by atoms with Crippen LogP contribution in [0.4, 0.5) is 0 Å². The summed E-state index contributed by atoms with van der Waals surface area (Å²) in [5.41, 5.74) is 0.985.